The minimum atomic E-state index is -0.156. The number of carbonyl (C=O) groups excluding carboxylic acids is 1. The van der Waals surface area contributed by atoms with Crippen LogP contribution in [-0.4, -0.2) is 5.91 Å². The molecule has 2 aromatic carbocycles. The third-order valence-electron chi connectivity index (χ3n) is 2.33. The van der Waals surface area contributed by atoms with Crippen molar-refractivity contribution in [2.75, 3.05) is 5.32 Å². The maximum absolute atomic E-state index is 12.1. The lowest BCUT2D eigenvalue weighted by atomic mass is 10.2. The Balaban J connectivity index is 2.25. The van der Waals surface area contributed by atoms with Crippen LogP contribution in [0, 0.1) is 3.57 Å². The predicted molar refractivity (Wildman–Crippen MR) is 88.5 cm³/mol. The highest BCUT2D eigenvalue weighted by Gasteiger charge is 2.11. The molecule has 0 unspecified atom stereocenters. The number of rotatable bonds is 2. The van der Waals surface area contributed by atoms with Crippen LogP contribution in [0.3, 0.4) is 0 Å². The van der Waals surface area contributed by atoms with E-state index in [0.29, 0.717) is 10.5 Å². The summed E-state index contributed by atoms with van der Waals surface area (Å²) in [5, 5.41) is 2.88. The van der Waals surface area contributed by atoms with Gasteiger partial charge in [0.15, 0.2) is 0 Å². The van der Waals surface area contributed by atoms with Crippen molar-refractivity contribution in [2.45, 2.75) is 4.90 Å². The van der Waals surface area contributed by atoms with Crippen molar-refractivity contribution in [1.29, 1.82) is 0 Å². The van der Waals surface area contributed by atoms with Gasteiger partial charge in [-0.2, -0.15) is 0 Å². The van der Waals surface area contributed by atoms with Crippen LogP contribution in [0.25, 0.3) is 0 Å². The van der Waals surface area contributed by atoms with Gasteiger partial charge in [-0.25, -0.2) is 0 Å². The number of thiol groups is 1. The number of para-hydroxylation sites is 1. The molecule has 18 heavy (non-hydrogen) atoms. The Morgan fingerprint density at radius 1 is 1.22 bits per heavy atom. The van der Waals surface area contributed by atoms with E-state index in [2.05, 4.69) is 56.5 Å². The molecule has 0 aliphatic heterocycles. The Labute approximate surface area is 133 Å². The first-order chi connectivity index (χ1) is 8.58. The van der Waals surface area contributed by atoms with Gasteiger partial charge in [0, 0.05) is 12.9 Å². The summed E-state index contributed by atoms with van der Waals surface area (Å²) in [4.78, 5) is 12.8. The first-order valence-corrected chi connectivity index (χ1v) is 7.44. The minimum Gasteiger partial charge on any atom is -0.321 e. The zero-order chi connectivity index (χ0) is 13.1. The average molecular weight is 434 g/mol. The van der Waals surface area contributed by atoms with E-state index in [9.17, 15) is 4.79 Å². The predicted octanol–water partition coefficient (Wildman–Crippen LogP) is 4.59. The Hall–Kier alpha value is -0.530. The molecule has 0 heterocycles. The lowest BCUT2D eigenvalue weighted by molar-refractivity contribution is 0.102. The number of halogens is 2. The fraction of sp³-hybridized carbons (Fsp3) is 0. The fourth-order valence-electron chi connectivity index (χ4n) is 1.45. The van der Waals surface area contributed by atoms with Crippen LogP contribution in [-0.2, 0) is 0 Å². The highest BCUT2D eigenvalue weighted by atomic mass is 127. The van der Waals surface area contributed by atoms with Crippen molar-refractivity contribution in [3.63, 3.8) is 0 Å². The molecule has 5 heteroatoms. The van der Waals surface area contributed by atoms with Crippen molar-refractivity contribution in [3.05, 3.63) is 56.1 Å². The van der Waals surface area contributed by atoms with Gasteiger partial charge >= 0.3 is 0 Å². The van der Waals surface area contributed by atoms with Gasteiger partial charge in [0.25, 0.3) is 5.91 Å². The van der Waals surface area contributed by atoms with Crippen molar-refractivity contribution < 1.29 is 4.79 Å². The maximum Gasteiger partial charge on any atom is 0.256 e. The highest BCUT2D eigenvalue weighted by molar-refractivity contribution is 14.1. The van der Waals surface area contributed by atoms with E-state index < -0.39 is 0 Å². The topological polar surface area (TPSA) is 29.1 Å². The second-order valence-electron chi connectivity index (χ2n) is 3.60. The second-order valence-corrected chi connectivity index (χ2v) is 6.16. The van der Waals surface area contributed by atoms with Crippen LogP contribution in [0.4, 0.5) is 5.69 Å². The Kier molecular flexibility index (Phi) is 4.69. The fourth-order valence-corrected chi connectivity index (χ4v) is 2.82. The molecule has 1 N–H and O–H groups in total. The molecule has 1 amide bonds. The summed E-state index contributed by atoms with van der Waals surface area (Å²) >= 11 is 9.83. The molecule has 0 atom stereocenters. The highest BCUT2D eigenvalue weighted by Crippen LogP contribution is 2.22. The summed E-state index contributed by atoms with van der Waals surface area (Å²) in [6.07, 6.45) is 0. The molecule has 2 aromatic rings. The summed E-state index contributed by atoms with van der Waals surface area (Å²) in [6, 6.07) is 13.0. The molecule has 0 saturated heterocycles. The van der Waals surface area contributed by atoms with Crippen LogP contribution in [0.5, 0.6) is 0 Å². The zero-order valence-electron chi connectivity index (χ0n) is 9.15. The van der Waals surface area contributed by atoms with Crippen LogP contribution in [0.1, 0.15) is 10.4 Å². The molecule has 2 nitrogen and oxygen atoms in total. The monoisotopic (exact) mass is 433 g/mol. The summed E-state index contributed by atoms with van der Waals surface area (Å²) in [7, 11) is 0. The van der Waals surface area contributed by atoms with Crippen LogP contribution < -0.4 is 5.32 Å². The van der Waals surface area contributed by atoms with Gasteiger partial charge in [-0.1, -0.05) is 28.1 Å². The van der Waals surface area contributed by atoms with Gasteiger partial charge in [0.1, 0.15) is 0 Å². The van der Waals surface area contributed by atoms with E-state index in [0.717, 1.165) is 13.7 Å². The van der Waals surface area contributed by atoms with E-state index >= 15 is 0 Å². The Morgan fingerprint density at radius 3 is 2.61 bits per heavy atom. The van der Waals surface area contributed by atoms with Gasteiger partial charge in [-0.05, 0) is 52.9 Å². The molecule has 0 radical (unpaired) electrons. The smallest absolute Gasteiger partial charge is 0.256 e. The van der Waals surface area contributed by atoms with Gasteiger partial charge in [0.05, 0.1) is 11.3 Å². The quantitative estimate of drug-likeness (QED) is 0.526. The molecular formula is C13H9BrINOS. The molecular weight excluding hydrogens is 425 g/mol. The van der Waals surface area contributed by atoms with Crippen LogP contribution in [0.15, 0.2) is 51.8 Å². The van der Waals surface area contributed by atoms with Crippen molar-refractivity contribution >= 4 is 62.7 Å². The number of hydrogen-bond donors (Lipinski definition) is 2. The number of benzene rings is 2. The lowest BCUT2D eigenvalue weighted by Gasteiger charge is -2.09. The van der Waals surface area contributed by atoms with Crippen LogP contribution in [0.2, 0.25) is 0 Å². The third-order valence-corrected chi connectivity index (χ3v) is 4.13. The second kappa shape index (κ2) is 6.08. The molecule has 0 bridgehead atoms. The third kappa shape index (κ3) is 3.27. The zero-order valence-corrected chi connectivity index (χ0v) is 13.8. The van der Waals surface area contributed by atoms with Crippen molar-refractivity contribution in [2.24, 2.45) is 0 Å². The van der Waals surface area contributed by atoms with E-state index in [1.54, 1.807) is 12.1 Å². The van der Waals surface area contributed by atoms with E-state index in [4.69, 9.17) is 0 Å². The van der Waals surface area contributed by atoms with E-state index in [-0.39, 0.29) is 5.91 Å². The standard InChI is InChI=1S/C13H9BrINOS/c14-8-5-6-9(12(18)7-8)13(17)16-11-4-2-1-3-10(11)15/h1-7,18H,(H,16,17). The Morgan fingerprint density at radius 2 is 1.94 bits per heavy atom. The molecule has 0 aliphatic carbocycles. The number of anilines is 1. The maximum atomic E-state index is 12.1. The number of hydrogen-bond acceptors (Lipinski definition) is 2. The van der Waals surface area contributed by atoms with E-state index in [1.807, 2.05) is 30.3 Å². The van der Waals surface area contributed by atoms with Gasteiger partial charge in [-0.15, -0.1) is 12.6 Å². The van der Waals surface area contributed by atoms with Gasteiger partial charge < -0.3 is 5.32 Å². The Bertz CT molecular complexity index is 603. The van der Waals surface area contributed by atoms with Crippen molar-refractivity contribution in [3.8, 4) is 0 Å². The van der Waals surface area contributed by atoms with Crippen LogP contribution >= 0.6 is 51.1 Å². The van der Waals surface area contributed by atoms with Gasteiger partial charge in [-0.3, -0.25) is 4.79 Å². The molecule has 0 fully saturated rings. The molecule has 0 spiro atoms. The largest absolute Gasteiger partial charge is 0.321 e. The minimum absolute atomic E-state index is 0.156. The summed E-state index contributed by atoms with van der Waals surface area (Å²) < 4.78 is 1.90. The first-order valence-electron chi connectivity index (χ1n) is 5.12. The SMILES string of the molecule is O=C(Nc1ccccc1I)c1ccc(Br)cc1S. The summed E-state index contributed by atoms with van der Waals surface area (Å²) in [5.41, 5.74) is 1.36. The molecule has 2 rings (SSSR count). The number of nitrogens with one attached hydrogen (secondary N) is 1. The summed E-state index contributed by atoms with van der Waals surface area (Å²) in [6.45, 7) is 0. The molecule has 0 aliphatic rings. The van der Waals surface area contributed by atoms with Crippen molar-refractivity contribution in [1.82, 2.24) is 0 Å². The van der Waals surface area contributed by atoms with E-state index in [1.165, 1.54) is 0 Å². The molecule has 0 saturated carbocycles. The normalized spacial score (nSPS) is 10.2. The average Bonchev–Trinajstić information content (AvgIpc) is 2.32. The lowest BCUT2D eigenvalue weighted by Crippen LogP contribution is -2.13. The first kappa shape index (κ1) is 13.9. The number of carbonyl (C=O) groups is 1. The summed E-state index contributed by atoms with van der Waals surface area (Å²) in [5.74, 6) is -0.156. The molecule has 92 valence electrons. The van der Waals surface area contributed by atoms with Gasteiger partial charge in [0.2, 0.25) is 0 Å². The molecule has 0 aromatic heterocycles. The number of amides is 1.